The Labute approximate surface area is 165 Å². The van der Waals surface area contributed by atoms with Crippen LogP contribution in [-0.4, -0.2) is 17.9 Å². The Bertz CT molecular complexity index is 968. The lowest BCUT2D eigenvalue weighted by molar-refractivity contribution is -0.186. The SMILES string of the molecule is O=C1OC(O)(c2ccc(Cl)c(Cl)c2)C(Cc2ccccc2)=C1C1=COCO1. The van der Waals surface area contributed by atoms with Gasteiger partial charge < -0.3 is 19.3 Å². The minimum absolute atomic E-state index is 0.00404. The Kier molecular flexibility index (Phi) is 4.60. The van der Waals surface area contributed by atoms with Crippen LogP contribution in [0.25, 0.3) is 0 Å². The standard InChI is InChI=1S/C20H14Cl2O5/c21-15-7-6-13(9-16(15)22)20(24)14(8-12-4-2-1-3-5-12)18(19(23)27-20)17-10-25-11-26-17/h1-7,9-10,24H,8,11H2. The molecule has 0 aliphatic carbocycles. The molecule has 4 rings (SSSR count). The first kappa shape index (κ1) is 17.9. The zero-order valence-electron chi connectivity index (χ0n) is 13.9. The van der Waals surface area contributed by atoms with Crippen LogP contribution in [0.4, 0.5) is 0 Å². The highest BCUT2D eigenvalue weighted by atomic mass is 35.5. The normalized spacial score (nSPS) is 21.6. The highest BCUT2D eigenvalue weighted by Crippen LogP contribution is 2.45. The van der Waals surface area contributed by atoms with Gasteiger partial charge in [-0.3, -0.25) is 0 Å². The van der Waals surface area contributed by atoms with Crippen LogP contribution < -0.4 is 0 Å². The molecule has 0 saturated heterocycles. The van der Waals surface area contributed by atoms with Crippen molar-refractivity contribution in [1.29, 1.82) is 0 Å². The summed E-state index contributed by atoms with van der Waals surface area (Å²) in [6.07, 6.45) is 1.60. The van der Waals surface area contributed by atoms with Crippen molar-refractivity contribution < 1.29 is 24.1 Å². The molecule has 0 aromatic heterocycles. The molecule has 2 aromatic carbocycles. The molecule has 138 valence electrons. The van der Waals surface area contributed by atoms with Crippen molar-refractivity contribution in [2.75, 3.05) is 6.79 Å². The topological polar surface area (TPSA) is 65.0 Å². The van der Waals surface area contributed by atoms with E-state index in [-0.39, 0.29) is 29.6 Å². The molecular formula is C20H14Cl2O5. The molecule has 2 aliphatic heterocycles. The van der Waals surface area contributed by atoms with Crippen molar-refractivity contribution in [3.8, 4) is 0 Å². The number of halogens is 2. The molecule has 2 heterocycles. The summed E-state index contributed by atoms with van der Waals surface area (Å²) in [5, 5.41) is 11.9. The second-order valence-electron chi connectivity index (χ2n) is 6.09. The van der Waals surface area contributed by atoms with Gasteiger partial charge in [0.25, 0.3) is 5.79 Å². The summed E-state index contributed by atoms with van der Waals surface area (Å²) < 4.78 is 15.9. The fourth-order valence-corrected chi connectivity index (χ4v) is 3.41. The van der Waals surface area contributed by atoms with Crippen molar-refractivity contribution in [1.82, 2.24) is 0 Å². The molecule has 0 amide bonds. The number of esters is 1. The summed E-state index contributed by atoms with van der Waals surface area (Å²) in [6, 6.07) is 14.0. The van der Waals surface area contributed by atoms with Gasteiger partial charge in [0.2, 0.25) is 6.79 Å². The summed E-state index contributed by atoms with van der Waals surface area (Å²) in [6.45, 7) is -0.00404. The van der Waals surface area contributed by atoms with E-state index >= 15 is 0 Å². The highest BCUT2D eigenvalue weighted by molar-refractivity contribution is 6.42. The quantitative estimate of drug-likeness (QED) is 0.777. The van der Waals surface area contributed by atoms with Crippen LogP contribution >= 0.6 is 23.2 Å². The van der Waals surface area contributed by atoms with E-state index < -0.39 is 11.8 Å². The van der Waals surface area contributed by atoms with Gasteiger partial charge in [-0.2, -0.15) is 0 Å². The van der Waals surface area contributed by atoms with E-state index in [1.165, 1.54) is 18.4 Å². The predicted octanol–water partition coefficient (Wildman–Crippen LogP) is 4.08. The number of aliphatic hydroxyl groups is 1. The molecule has 0 radical (unpaired) electrons. The molecule has 0 spiro atoms. The molecule has 7 heteroatoms. The minimum Gasteiger partial charge on any atom is -0.461 e. The molecular weight excluding hydrogens is 391 g/mol. The summed E-state index contributed by atoms with van der Waals surface area (Å²) in [7, 11) is 0. The van der Waals surface area contributed by atoms with Gasteiger partial charge >= 0.3 is 5.97 Å². The van der Waals surface area contributed by atoms with E-state index in [4.69, 9.17) is 37.4 Å². The number of carbonyl (C=O) groups excluding carboxylic acids is 1. The summed E-state index contributed by atoms with van der Waals surface area (Å²) >= 11 is 12.1. The third kappa shape index (κ3) is 3.18. The van der Waals surface area contributed by atoms with E-state index in [1.54, 1.807) is 6.07 Å². The lowest BCUT2D eigenvalue weighted by Gasteiger charge is -2.26. The lowest BCUT2D eigenvalue weighted by atomic mass is 9.90. The van der Waals surface area contributed by atoms with Crippen molar-refractivity contribution in [2.45, 2.75) is 12.2 Å². The van der Waals surface area contributed by atoms with Crippen molar-refractivity contribution in [3.63, 3.8) is 0 Å². The molecule has 0 saturated carbocycles. The molecule has 0 fully saturated rings. The maximum absolute atomic E-state index is 12.6. The Balaban J connectivity index is 1.87. The lowest BCUT2D eigenvalue weighted by Crippen LogP contribution is -2.29. The average Bonchev–Trinajstić information content (AvgIpc) is 3.25. The second kappa shape index (κ2) is 6.93. The van der Waals surface area contributed by atoms with E-state index in [9.17, 15) is 9.90 Å². The Morgan fingerprint density at radius 2 is 1.85 bits per heavy atom. The highest BCUT2D eigenvalue weighted by Gasteiger charge is 2.49. The predicted molar refractivity (Wildman–Crippen MR) is 98.7 cm³/mol. The molecule has 27 heavy (non-hydrogen) atoms. The zero-order chi connectivity index (χ0) is 19.0. The van der Waals surface area contributed by atoms with Gasteiger partial charge in [0.1, 0.15) is 11.8 Å². The molecule has 1 atom stereocenters. The summed E-state index contributed by atoms with van der Waals surface area (Å²) in [5.74, 6) is -2.48. The van der Waals surface area contributed by atoms with Crippen LogP contribution in [0.15, 0.2) is 71.7 Å². The van der Waals surface area contributed by atoms with Crippen molar-refractivity contribution in [3.05, 3.63) is 92.9 Å². The van der Waals surface area contributed by atoms with Gasteiger partial charge in [0, 0.05) is 17.6 Å². The van der Waals surface area contributed by atoms with Crippen LogP contribution in [0.2, 0.25) is 10.0 Å². The van der Waals surface area contributed by atoms with Gasteiger partial charge in [-0.1, -0.05) is 59.6 Å². The number of hydrogen-bond acceptors (Lipinski definition) is 5. The molecule has 0 bridgehead atoms. The Morgan fingerprint density at radius 3 is 2.52 bits per heavy atom. The van der Waals surface area contributed by atoms with Crippen molar-refractivity contribution in [2.24, 2.45) is 0 Å². The first-order valence-electron chi connectivity index (χ1n) is 8.13. The first-order chi connectivity index (χ1) is 13.0. The van der Waals surface area contributed by atoms with Crippen molar-refractivity contribution >= 4 is 29.2 Å². The molecule has 2 aliphatic rings. The van der Waals surface area contributed by atoms with Gasteiger partial charge in [0.15, 0.2) is 5.76 Å². The number of cyclic esters (lactones) is 1. The maximum Gasteiger partial charge on any atom is 0.345 e. The first-order valence-corrected chi connectivity index (χ1v) is 8.88. The number of hydrogen-bond donors (Lipinski definition) is 1. The molecule has 2 aromatic rings. The third-order valence-electron chi connectivity index (χ3n) is 4.41. The van der Waals surface area contributed by atoms with Crippen LogP contribution in [0, 0.1) is 0 Å². The average molecular weight is 405 g/mol. The molecule has 1 N–H and O–H groups in total. The monoisotopic (exact) mass is 404 g/mol. The molecule has 5 nitrogen and oxygen atoms in total. The second-order valence-corrected chi connectivity index (χ2v) is 6.90. The largest absolute Gasteiger partial charge is 0.461 e. The van der Waals surface area contributed by atoms with Gasteiger partial charge in [-0.25, -0.2) is 4.79 Å². The Hall–Kier alpha value is -2.47. The number of benzene rings is 2. The smallest absolute Gasteiger partial charge is 0.345 e. The maximum atomic E-state index is 12.6. The van der Waals surface area contributed by atoms with Crippen LogP contribution in [-0.2, 0) is 31.2 Å². The van der Waals surface area contributed by atoms with Crippen LogP contribution in [0.5, 0.6) is 0 Å². The fourth-order valence-electron chi connectivity index (χ4n) is 3.11. The minimum atomic E-state index is -2.00. The number of rotatable bonds is 4. The molecule has 1 unspecified atom stereocenters. The number of carbonyl (C=O) groups is 1. The van der Waals surface area contributed by atoms with Crippen LogP contribution in [0.3, 0.4) is 0 Å². The van der Waals surface area contributed by atoms with Gasteiger partial charge in [-0.05, 0) is 17.7 Å². The van der Waals surface area contributed by atoms with Gasteiger partial charge in [-0.15, -0.1) is 0 Å². The van der Waals surface area contributed by atoms with Gasteiger partial charge in [0.05, 0.1) is 10.0 Å². The number of ether oxygens (including phenoxy) is 3. The Morgan fingerprint density at radius 1 is 1.07 bits per heavy atom. The third-order valence-corrected chi connectivity index (χ3v) is 5.15. The fraction of sp³-hybridized carbons (Fsp3) is 0.150. The summed E-state index contributed by atoms with van der Waals surface area (Å²) in [5.41, 5.74) is 1.67. The van der Waals surface area contributed by atoms with E-state index in [2.05, 4.69) is 0 Å². The summed E-state index contributed by atoms with van der Waals surface area (Å²) in [4.78, 5) is 12.6. The van der Waals surface area contributed by atoms with E-state index in [0.717, 1.165) is 5.56 Å². The van der Waals surface area contributed by atoms with Crippen LogP contribution in [0.1, 0.15) is 11.1 Å². The van der Waals surface area contributed by atoms with E-state index in [0.29, 0.717) is 16.2 Å². The van der Waals surface area contributed by atoms with E-state index in [1.807, 2.05) is 30.3 Å². The zero-order valence-corrected chi connectivity index (χ0v) is 15.5.